The normalized spacial score (nSPS) is 13.9. The molecule has 0 rings (SSSR count). The van der Waals surface area contributed by atoms with E-state index >= 15 is 0 Å². The van der Waals surface area contributed by atoms with E-state index in [4.69, 9.17) is 0 Å². The molecule has 17 heteroatoms. The van der Waals surface area contributed by atoms with Crippen LogP contribution in [0.3, 0.4) is 0 Å². The van der Waals surface area contributed by atoms with Crippen molar-refractivity contribution in [1.29, 1.82) is 0 Å². The monoisotopic (exact) mass is 469 g/mol. The Labute approximate surface area is 150 Å². The maximum absolute atomic E-state index is 11.3. The van der Waals surface area contributed by atoms with Crippen LogP contribution in [0.15, 0.2) is 23.7 Å². The number of carbonyl (C=O) groups is 2. The first kappa shape index (κ1) is 29.8. The van der Waals surface area contributed by atoms with E-state index in [2.05, 4.69) is 0 Å². The summed E-state index contributed by atoms with van der Waals surface area (Å²) in [5.41, 5.74) is 0. The van der Waals surface area contributed by atoms with Crippen molar-refractivity contribution < 1.29 is 89.6 Å². The van der Waals surface area contributed by atoms with Gasteiger partial charge in [0, 0.05) is 0 Å². The Hall–Kier alpha value is -1.90. The maximum Gasteiger partial charge on any atom is 2.00 e. The van der Waals surface area contributed by atoms with Gasteiger partial charge in [0.15, 0.2) is 0 Å². The summed E-state index contributed by atoms with van der Waals surface area (Å²) >= 11 is 0. The molecule has 0 aromatic heterocycles. The van der Waals surface area contributed by atoms with Gasteiger partial charge in [-0.3, -0.25) is 9.59 Å². The van der Waals surface area contributed by atoms with Crippen LogP contribution < -0.4 is 10.2 Å². The molecule has 4 nitrogen and oxygen atoms in total. The maximum atomic E-state index is 11.3. The summed E-state index contributed by atoms with van der Waals surface area (Å²) in [6.07, 6.45) is -23.9. The fraction of sp³-hybridized carbons (Fsp3) is 0.400. The van der Waals surface area contributed by atoms with Crippen LogP contribution in [-0.2, 0) is 26.7 Å². The molecule has 0 saturated heterocycles. The van der Waals surface area contributed by atoms with Gasteiger partial charge in [-0.1, -0.05) is 0 Å². The van der Waals surface area contributed by atoms with Crippen molar-refractivity contribution >= 4 is 11.6 Å². The number of alkyl halides is 12. The number of carbonyl (C=O) groups excluding carboxylic acids is 2. The van der Waals surface area contributed by atoms with E-state index in [1.165, 1.54) is 0 Å². The standard InChI is InChI=1S/2C5H2F6O2.Mn/c2*6-4(7,8)2(12)1-3(13)5(9,10)11;/h2*1,12H;/q;;+2/p-2/b2*2-1+;. The molecular formula is C10H2F12MnO4. The zero-order valence-electron chi connectivity index (χ0n) is 11.7. The van der Waals surface area contributed by atoms with Gasteiger partial charge in [0.1, 0.15) is 0 Å². The predicted molar refractivity (Wildman–Crippen MR) is 50.4 cm³/mol. The van der Waals surface area contributed by atoms with Gasteiger partial charge < -0.3 is 10.2 Å². The summed E-state index contributed by atoms with van der Waals surface area (Å²) in [5, 5.41) is 19.6. The molecule has 0 unspecified atom stereocenters. The van der Waals surface area contributed by atoms with Crippen molar-refractivity contribution in [2.45, 2.75) is 24.7 Å². The van der Waals surface area contributed by atoms with Crippen molar-refractivity contribution in [3.8, 4) is 0 Å². The average molecular weight is 469 g/mol. The number of hydrogen-bond acceptors (Lipinski definition) is 4. The summed E-state index contributed by atoms with van der Waals surface area (Å²) in [4.78, 5) is 19.6. The van der Waals surface area contributed by atoms with Crippen LogP contribution in [0.2, 0.25) is 0 Å². The Morgan fingerprint density at radius 1 is 0.519 bits per heavy atom. The first-order valence-electron chi connectivity index (χ1n) is 5.24. The van der Waals surface area contributed by atoms with E-state index in [1.54, 1.807) is 0 Å². The van der Waals surface area contributed by atoms with Crippen molar-refractivity contribution in [2.24, 2.45) is 0 Å². The Morgan fingerprint density at radius 2 is 0.704 bits per heavy atom. The van der Waals surface area contributed by atoms with Crippen LogP contribution in [0.1, 0.15) is 0 Å². The van der Waals surface area contributed by atoms with Crippen LogP contribution >= 0.6 is 0 Å². The van der Waals surface area contributed by atoms with Crippen molar-refractivity contribution in [3.05, 3.63) is 23.7 Å². The molecule has 0 aromatic carbocycles. The molecule has 0 fully saturated rings. The number of rotatable bonds is 2. The first-order valence-corrected chi connectivity index (χ1v) is 5.24. The minimum absolute atomic E-state index is 0. The number of halogens is 12. The van der Waals surface area contributed by atoms with Gasteiger partial charge in [-0.05, 0) is 23.7 Å². The van der Waals surface area contributed by atoms with Crippen LogP contribution in [0, 0.1) is 0 Å². The summed E-state index contributed by atoms with van der Waals surface area (Å²) in [7, 11) is 0. The van der Waals surface area contributed by atoms with Crippen molar-refractivity contribution in [1.82, 2.24) is 0 Å². The van der Waals surface area contributed by atoms with E-state index in [9.17, 15) is 72.5 Å². The molecule has 0 aromatic rings. The van der Waals surface area contributed by atoms with E-state index in [-0.39, 0.29) is 17.1 Å². The van der Waals surface area contributed by atoms with Crippen LogP contribution in [0.4, 0.5) is 52.7 Å². The smallest absolute Gasteiger partial charge is 0.869 e. The van der Waals surface area contributed by atoms with Crippen LogP contribution in [0.25, 0.3) is 0 Å². The van der Waals surface area contributed by atoms with Gasteiger partial charge in [-0.2, -0.15) is 52.7 Å². The molecule has 0 saturated carbocycles. The molecule has 0 atom stereocenters. The van der Waals surface area contributed by atoms with E-state index < -0.39 is 59.9 Å². The second kappa shape index (κ2) is 9.87. The van der Waals surface area contributed by atoms with Gasteiger partial charge in [0.25, 0.3) is 11.6 Å². The Balaban J connectivity index is -0.000000411. The average Bonchev–Trinajstić information content (AvgIpc) is 2.34. The molecule has 0 heterocycles. The third-order valence-electron chi connectivity index (χ3n) is 1.64. The molecule has 0 N–H and O–H groups in total. The van der Waals surface area contributed by atoms with Crippen LogP contribution in [0.5, 0.6) is 0 Å². The molecule has 157 valence electrons. The van der Waals surface area contributed by atoms with Gasteiger partial charge >= 0.3 is 41.8 Å². The molecule has 0 spiro atoms. The van der Waals surface area contributed by atoms with Crippen LogP contribution in [-0.4, -0.2) is 36.3 Å². The van der Waals surface area contributed by atoms with Crippen molar-refractivity contribution in [2.75, 3.05) is 0 Å². The third kappa shape index (κ3) is 13.0. The molecule has 0 bridgehead atoms. The Bertz CT molecular complexity index is 527. The van der Waals surface area contributed by atoms with Gasteiger partial charge in [-0.15, -0.1) is 0 Å². The number of hydrogen-bond donors (Lipinski definition) is 0. The van der Waals surface area contributed by atoms with Gasteiger partial charge in [0.2, 0.25) is 0 Å². The first-order chi connectivity index (χ1) is 11.1. The summed E-state index contributed by atoms with van der Waals surface area (Å²) in [6.45, 7) is 0. The summed E-state index contributed by atoms with van der Waals surface area (Å²) < 4.78 is 136. The molecule has 0 aliphatic rings. The van der Waals surface area contributed by atoms with Gasteiger partial charge in [0.05, 0.1) is 0 Å². The minimum atomic E-state index is -5.46. The number of ketones is 2. The fourth-order valence-corrected chi connectivity index (χ4v) is 0.565. The summed E-state index contributed by atoms with van der Waals surface area (Å²) in [6, 6.07) is 0. The molecule has 0 aliphatic carbocycles. The summed E-state index contributed by atoms with van der Waals surface area (Å²) in [5.74, 6) is -11.3. The van der Waals surface area contributed by atoms with E-state index in [0.29, 0.717) is 0 Å². The minimum Gasteiger partial charge on any atom is -0.869 e. The zero-order chi connectivity index (χ0) is 21.7. The Kier molecular flexibility index (Phi) is 10.9. The molecule has 0 amide bonds. The van der Waals surface area contributed by atoms with E-state index in [1.807, 2.05) is 0 Å². The molecule has 27 heavy (non-hydrogen) atoms. The predicted octanol–water partition coefficient (Wildman–Crippen LogP) is 1.85. The quantitative estimate of drug-likeness (QED) is 0.268. The van der Waals surface area contributed by atoms with Gasteiger partial charge in [-0.25, -0.2) is 0 Å². The number of allylic oxidation sites excluding steroid dienone is 4. The fourth-order valence-electron chi connectivity index (χ4n) is 0.565. The molecular weight excluding hydrogens is 467 g/mol. The Morgan fingerprint density at radius 3 is 0.815 bits per heavy atom. The van der Waals surface area contributed by atoms with Crippen molar-refractivity contribution in [3.63, 3.8) is 0 Å². The molecule has 0 aliphatic heterocycles. The SMILES string of the molecule is O=C(/C=C(/[O-])C(F)(F)F)C(F)(F)F.O=C(/C=C(/[O-])C(F)(F)F)C(F)(F)F.[Mn+2]. The molecule has 1 radical (unpaired) electrons. The third-order valence-corrected chi connectivity index (χ3v) is 1.64. The van der Waals surface area contributed by atoms with E-state index in [0.717, 1.165) is 0 Å². The largest absolute Gasteiger partial charge is 2.00 e. The second-order valence-corrected chi connectivity index (χ2v) is 3.74. The zero-order valence-corrected chi connectivity index (χ0v) is 12.9. The topological polar surface area (TPSA) is 80.3 Å². The second-order valence-electron chi connectivity index (χ2n) is 3.74.